The number of ether oxygens (including phenoxy) is 1. The van der Waals surface area contributed by atoms with Crippen molar-refractivity contribution in [1.29, 1.82) is 0 Å². The van der Waals surface area contributed by atoms with E-state index < -0.39 is 5.91 Å². The molecule has 7 heteroatoms. The molecule has 1 heterocycles. The molecule has 3 N–H and O–H groups in total. The largest absolute Gasteiger partial charge is 0.480 e. The molecule has 1 aromatic heterocycles. The molecule has 0 aliphatic rings. The maximum atomic E-state index is 12.1. The lowest BCUT2D eigenvalue weighted by atomic mass is 10.2. The van der Waals surface area contributed by atoms with Gasteiger partial charge in [-0.05, 0) is 30.3 Å². The second kappa shape index (κ2) is 8.14. The molecule has 3 aromatic rings. The van der Waals surface area contributed by atoms with E-state index in [9.17, 15) is 9.59 Å². The number of nitrogens with one attached hydrogen (secondary N) is 1. The number of aromatic nitrogens is 1. The van der Waals surface area contributed by atoms with Gasteiger partial charge in [-0.1, -0.05) is 24.0 Å². The molecule has 0 fully saturated rings. The number of amides is 2. The first-order valence-electron chi connectivity index (χ1n) is 7.74. The van der Waals surface area contributed by atoms with E-state index in [4.69, 9.17) is 10.5 Å². The molecule has 0 aliphatic carbocycles. The Hall–Kier alpha value is -3.37. The van der Waals surface area contributed by atoms with Crippen molar-refractivity contribution < 1.29 is 14.3 Å². The van der Waals surface area contributed by atoms with Gasteiger partial charge in [0.2, 0.25) is 0 Å². The van der Waals surface area contributed by atoms with Crippen molar-refractivity contribution in [2.45, 2.75) is 0 Å². The summed E-state index contributed by atoms with van der Waals surface area (Å²) < 4.78 is 6.40. The molecule has 0 aliphatic heterocycles. The zero-order valence-electron chi connectivity index (χ0n) is 13.7. The van der Waals surface area contributed by atoms with Gasteiger partial charge in [0.25, 0.3) is 11.8 Å². The number of rotatable bonds is 5. The Morgan fingerprint density at radius 2 is 2.04 bits per heavy atom. The number of para-hydroxylation sites is 1. The molecule has 0 bridgehead atoms. The summed E-state index contributed by atoms with van der Waals surface area (Å²) in [5.74, 6) is 5.22. The smallest absolute Gasteiger partial charge is 0.252 e. The molecule has 0 unspecified atom stereocenters. The molecule has 130 valence electrons. The highest BCUT2D eigenvalue weighted by Crippen LogP contribution is 2.19. The first-order valence-corrected chi connectivity index (χ1v) is 8.62. The van der Waals surface area contributed by atoms with Crippen molar-refractivity contribution in [3.63, 3.8) is 0 Å². The van der Waals surface area contributed by atoms with Crippen LogP contribution in [-0.4, -0.2) is 29.9 Å². The summed E-state index contributed by atoms with van der Waals surface area (Å²) in [6.45, 7) is 0.285. The molecular weight excluding hydrogens is 350 g/mol. The molecule has 0 spiro atoms. The summed E-state index contributed by atoms with van der Waals surface area (Å²) in [5, 5.41) is 2.73. The van der Waals surface area contributed by atoms with Gasteiger partial charge >= 0.3 is 0 Å². The standard InChI is InChI=1S/C19H15N3O3S/c20-18(23)14-5-1-2-6-16(14)25-10-4-3-9-21-19(24)13-7-8-15-17(11-13)26-12-22-15/h1-2,5-8,11-12H,9-10H2,(H2,20,23)(H,21,24). The van der Waals surface area contributed by atoms with Gasteiger partial charge in [0.05, 0.1) is 27.8 Å². The van der Waals surface area contributed by atoms with Crippen molar-refractivity contribution in [3.8, 4) is 17.6 Å². The number of hydrogen-bond acceptors (Lipinski definition) is 5. The van der Waals surface area contributed by atoms with E-state index >= 15 is 0 Å². The SMILES string of the molecule is NC(=O)c1ccccc1OCC#CCNC(=O)c1ccc2ncsc2c1. The topological polar surface area (TPSA) is 94.3 Å². The van der Waals surface area contributed by atoms with Gasteiger partial charge < -0.3 is 15.8 Å². The minimum Gasteiger partial charge on any atom is -0.480 e. The Labute approximate surface area is 154 Å². The molecule has 0 saturated carbocycles. The van der Waals surface area contributed by atoms with Crippen LogP contribution in [0.3, 0.4) is 0 Å². The predicted octanol–water partition coefficient (Wildman–Crippen LogP) is 2.21. The zero-order valence-corrected chi connectivity index (χ0v) is 14.5. The number of fused-ring (bicyclic) bond motifs is 1. The fraction of sp³-hybridized carbons (Fsp3) is 0.105. The van der Waals surface area contributed by atoms with E-state index in [1.165, 1.54) is 11.3 Å². The first-order chi connectivity index (χ1) is 12.6. The monoisotopic (exact) mass is 365 g/mol. The van der Waals surface area contributed by atoms with Crippen LogP contribution in [-0.2, 0) is 0 Å². The summed E-state index contributed by atoms with van der Waals surface area (Å²) in [6.07, 6.45) is 0. The molecule has 0 saturated heterocycles. The van der Waals surface area contributed by atoms with E-state index in [0.717, 1.165) is 10.2 Å². The molecule has 6 nitrogen and oxygen atoms in total. The fourth-order valence-corrected chi connectivity index (χ4v) is 2.96. The molecule has 26 heavy (non-hydrogen) atoms. The highest BCUT2D eigenvalue weighted by Gasteiger charge is 2.07. The maximum Gasteiger partial charge on any atom is 0.252 e. The summed E-state index contributed by atoms with van der Waals surface area (Å²) in [6, 6.07) is 12.0. The Kier molecular flexibility index (Phi) is 5.46. The number of nitrogens with zero attached hydrogens (tertiary/aromatic N) is 1. The highest BCUT2D eigenvalue weighted by atomic mass is 32.1. The third-order valence-corrected chi connectivity index (χ3v) is 4.30. The number of thiazole rings is 1. The quantitative estimate of drug-likeness (QED) is 0.678. The lowest BCUT2D eigenvalue weighted by Gasteiger charge is -2.05. The average Bonchev–Trinajstić information content (AvgIpc) is 3.12. The van der Waals surface area contributed by atoms with E-state index in [2.05, 4.69) is 22.1 Å². The summed E-state index contributed by atoms with van der Waals surface area (Å²) in [4.78, 5) is 27.6. The minimum atomic E-state index is -0.557. The van der Waals surface area contributed by atoms with Gasteiger partial charge in [-0.2, -0.15) is 0 Å². The third kappa shape index (κ3) is 4.18. The molecule has 0 atom stereocenters. The molecular formula is C19H15N3O3S. The van der Waals surface area contributed by atoms with Crippen LogP contribution in [0.4, 0.5) is 0 Å². The number of hydrogen-bond donors (Lipinski definition) is 2. The van der Waals surface area contributed by atoms with E-state index in [1.54, 1.807) is 41.9 Å². The Bertz CT molecular complexity index is 1020. The van der Waals surface area contributed by atoms with Crippen molar-refractivity contribution in [1.82, 2.24) is 10.3 Å². The normalized spacial score (nSPS) is 10.0. The van der Waals surface area contributed by atoms with Gasteiger partial charge in [-0.25, -0.2) is 4.98 Å². The summed E-state index contributed by atoms with van der Waals surface area (Å²) >= 11 is 1.49. The van der Waals surface area contributed by atoms with Crippen molar-refractivity contribution in [2.75, 3.05) is 13.2 Å². The molecule has 2 amide bonds. The van der Waals surface area contributed by atoms with Gasteiger partial charge in [0.15, 0.2) is 0 Å². The van der Waals surface area contributed by atoms with Gasteiger partial charge in [-0.15, -0.1) is 11.3 Å². The van der Waals surface area contributed by atoms with Crippen LogP contribution in [0.2, 0.25) is 0 Å². The van der Waals surface area contributed by atoms with Gasteiger partial charge in [0, 0.05) is 5.56 Å². The van der Waals surface area contributed by atoms with Crippen LogP contribution in [0.5, 0.6) is 5.75 Å². The minimum absolute atomic E-state index is 0.0903. The number of primary amides is 1. The average molecular weight is 365 g/mol. The number of carbonyl (C=O) groups is 2. The van der Waals surface area contributed by atoms with Crippen LogP contribution in [0, 0.1) is 11.8 Å². The second-order valence-electron chi connectivity index (χ2n) is 5.22. The van der Waals surface area contributed by atoms with E-state index in [0.29, 0.717) is 16.9 Å². The van der Waals surface area contributed by atoms with Crippen molar-refractivity contribution in [2.24, 2.45) is 5.73 Å². The Morgan fingerprint density at radius 3 is 2.88 bits per heavy atom. The third-order valence-electron chi connectivity index (χ3n) is 3.51. The van der Waals surface area contributed by atoms with Crippen molar-refractivity contribution >= 4 is 33.4 Å². The lowest BCUT2D eigenvalue weighted by molar-refractivity contribution is 0.0957. The summed E-state index contributed by atoms with van der Waals surface area (Å²) in [5.41, 5.74) is 8.77. The van der Waals surface area contributed by atoms with Crippen LogP contribution in [0.1, 0.15) is 20.7 Å². The van der Waals surface area contributed by atoms with E-state index in [1.807, 2.05) is 6.07 Å². The van der Waals surface area contributed by atoms with E-state index in [-0.39, 0.29) is 19.1 Å². The summed E-state index contributed by atoms with van der Waals surface area (Å²) in [7, 11) is 0. The van der Waals surface area contributed by atoms with Crippen LogP contribution < -0.4 is 15.8 Å². The Balaban J connectivity index is 1.50. The highest BCUT2D eigenvalue weighted by molar-refractivity contribution is 7.16. The van der Waals surface area contributed by atoms with Gasteiger partial charge in [0.1, 0.15) is 12.4 Å². The second-order valence-corrected chi connectivity index (χ2v) is 6.11. The lowest BCUT2D eigenvalue weighted by Crippen LogP contribution is -2.23. The molecule has 0 radical (unpaired) electrons. The number of carbonyl (C=O) groups excluding carboxylic acids is 2. The maximum absolute atomic E-state index is 12.1. The van der Waals surface area contributed by atoms with Crippen LogP contribution in [0.25, 0.3) is 10.2 Å². The van der Waals surface area contributed by atoms with Crippen molar-refractivity contribution in [3.05, 3.63) is 59.1 Å². The van der Waals surface area contributed by atoms with Crippen LogP contribution >= 0.6 is 11.3 Å². The predicted molar refractivity (Wildman–Crippen MR) is 100 cm³/mol. The van der Waals surface area contributed by atoms with Gasteiger partial charge in [-0.3, -0.25) is 9.59 Å². The number of nitrogens with two attached hydrogens (primary N) is 1. The molecule has 3 rings (SSSR count). The van der Waals surface area contributed by atoms with Crippen LogP contribution in [0.15, 0.2) is 48.0 Å². The Morgan fingerprint density at radius 1 is 1.19 bits per heavy atom. The zero-order chi connectivity index (χ0) is 18.4. The number of benzene rings is 2. The fourth-order valence-electron chi connectivity index (χ4n) is 2.25. The first kappa shape index (κ1) is 17.5. The molecule has 2 aromatic carbocycles.